The fourth-order valence-electron chi connectivity index (χ4n) is 1.57. The molecule has 1 saturated heterocycles. The molecule has 1 nitrogen and oxygen atoms in total. The molecule has 1 aliphatic rings. The normalized spacial score (nSPS) is 26.8. The van der Waals surface area contributed by atoms with Gasteiger partial charge in [0.25, 0.3) is 0 Å². The number of hydrogen-bond acceptors (Lipinski definition) is 2. The lowest BCUT2D eigenvalue weighted by atomic mass is 9.93. The van der Waals surface area contributed by atoms with E-state index in [1.165, 1.54) is 12.1 Å². The van der Waals surface area contributed by atoms with Gasteiger partial charge in [0.05, 0.1) is 10.6 Å². The maximum atomic E-state index is 13.2. The molecule has 1 unspecified atom stereocenters. The van der Waals surface area contributed by atoms with E-state index in [9.17, 15) is 9.50 Å². The first kappa shape index (κ1) is 10.3. The molecule has 1 N–H and O–H groups in total. The van der Waals surface area contributed by atoms with E-state index in [-0.39, 0.29) is 5.02 Å². The van der Waals surface area contributed by atoms with Gasteiger partial charge in [0.2, 0.25) is 0 Å². The van der Waals surface area contributed by atoms with Crippen LogP contribution in [0.25, 0.3) is 0 Å². The smallest absolute Gasteiger partial charge is 0.142 e. The Hall–Kier alpha value is -0.250. The third kappa shape index (κ3) is 1.76. The van der Waals surface area contributed by atoms with Crippen molar-refractivity contribution in [3.8, 4) is 0 Å². The average molecular weight is 233 g/mol. The second kappa shape index (κ2) is 3.72. The Bertz CT molecular complexity index is 350. The predicted molar refractivity (Wildman–Crippen MR) is 57.2 cm³/mol. The van der Waals surface area contributed by atoms with Crippen molar-refractivity contribution in [3.63, 3.8) is 0 Å². The molecule has 1 heterocycles. The highest BCUT2D eigenvalue weighted by Gasteiger charge is 2.33. The van der Waals surface area contributed by atoms with Crippen molar-refractivity contribution in [3.05, 3.63) is 34.6 Å². The molecule has 0 saturated carbocycles. The highest BCUT2D eigenvalue weighted by Crippen LogP contribution is 2.37. The van der Waals surface area contributed by atoms with Crippen LogP contribution >= 0.6 is 23.4 Å². The Labute approximate surface area is 91.3 Å². The van der Waals surface area contributed by atoms with Crippen LogP contribution in [0.3, 0.4) is 0 Å². The minimum Gasteiger partial charge on any atom is -0.384 e. The molecule has 76 valence electrons. The monoisotopic (exact) mass is 232 g/mol. The molecule has 4 heteroatoms. The lowest BCUT2D eigenvalue weighted by Crippen LogP contribution is -2.24. The number of halogens is 2. The Morgan fingerprint density at radius 2 is 2.29 bits per heavy atom. The van der Waals surface area contributed by atoms with Crippen molar-refractivity contribution < 1.29 is 9.50 Å². The van der Waals surface area contributed by atoms with Crippen LogP contribution in [0, 0.1) is 5.82 Å². The number of thioether (sulfide) groups is 1. The van der Waals surface area contributed by atoms with Crippen LogP contribution in [0.4, 0.5) is 4.39 Å². The summed E-state index contributed by atoms with van der Waals surface area (Å²) in [6, 6.07) is 4.51. The van der Waals surface area contributed by atoms with E-state index < -0.39 is 11.4 Å². The summed E-state index contributed by atoms with van der Waals surface area (Å²) in [7, 11) is 0. The molecule has 1 aliphatic heterocycles. The standard InChI is InChI=1S/C10H10ClFOS/c11-8-2-1-7(5-9(8)12)10(13)3-4-14-6-10/h1-2,5,13H,3-4,6H2. The van der Waals surface area contributed by atoms with Crippen LogP contribution in [0.5, 0.6) is 0 Å². The Balaban J connectivity index is 2.36. The Morgan fingerprint density at radius 3 is 2.86 bits per heavy atom. The molecule has 0 spiro atoms. The summed E-state index contributed by atoms with van der Waals surface area (Å²) in [6.07, 6.45) is 0.679. The van der Waals surface area contributed by atoms with Crippen molar-refractivity contribution in [2.24, 2.45) is 0 Å². The third-order valence-electron chi connectivity index (χ3n) is 2.46. The molecule has 0 aliphatic carbocycles. The van der Waals surface area contributed by atoms with Crippen LogP contribution in [0.1, 0.15) is 12.0 Å². The first-order valence-electron chi connectivity index (χ1n) is 4.37. The second-order valence-electron chi connectivity index (χ2n) is 3.46. The van der Waals surface area contributed by atoms with Crippen LogP contribution in [-0.2, 0) is 5.60 Å². The number of aliphatic hydroxyl groups is 1. The molecule has 1 aromatic rings. The van der Waals surface area contributed by atoms with Crippen molar-refractivity contribution in [1.29, 1.82) is 0 Å². The zero-order valence-corrected chi connectivity index (χ0v) is 9.04. The minimum atomic E-state index is -0.865. The van der Waals surface area contributed by atoms with Crippen molar-refractivity contribution in [2.75, 3.05) is 11.5 Å². The average Bonchev–Trinajstić information content (AvgIpc) is 2.58. The zero-order chi connectivity index (χ0) is 10.2. The van der Waals surface area contributed by atoms with Gasteiger partial charge in [0.1, 0.15) is 5.82 Å². The highest BCUT2D eigenvalue weighted by atomic mass is 35.5. The van der Waals surface area contributed by atoms with E-state index in [2.05, 4.69) is 0 Å². The van der Waals surface area contributed by atoms with Gasteiger partial charge in [-0.1, -0.05) is 17.7 Å². The maximum absolute atomic E-state index is 13.2. The summed E-state index contributed by atoms with van der Waals surface area (Å²) < 4.78 is 13.2. The number of rotatable bonds is 1. The molecule has 0 radical (unpaired) electrons. The third-order valence-corrected chi connectivity index (χ3v) is 3.94. The van der Waals surface area contributed by atoms with Crippen LogP contribution in [0.15, 0.2) is 18.2 Å². The van der Waals surface area contributed by atoms with E-state index in [0.29, 0.717) is 17.7 Å². The molecule has 2 rings (SSSR count). The SMILES string of the molecule is OC1(c2ccc(Cl)c(F)c2)CCSC1. The fourth-order valence-corrected chi connectivity index (χ4v) is 2.96. The molecule has 14 heavy (non-hydrogen) atoms. The van der Waals surface area contributed by atoms with Gasteiger partial charge in [-0.15, -0.1) is 0 Å². The van der Waals surface area contributed by atoms with Crippen LogP contribution < -0.4 is 0 Å². The van der Waals surface area contributed by atoms with Gasteiger partial charge in [-0.2, -0.15) is 11.8 Å². The molecule has 1 atom stereocenters. The fraction of sp³-hybridized carbons (Fsp3) is 0.400. The Kier molecular flexibility index (Phi) is 2.73. The topological polar surface area (TPSA) is 20.2 Å². The molecule has 0 amide bonds. The van der Waals surface area contributed by atoms with Gasteiger partial charge in [0, 0.05) is 5.75 Å². The quantitative estimate of drug-likeness (QED) is 0.804. The highest BCUT2D eigenvalue weighted by molar-refractivity contribution is 7.99. The second-order valence-corrected chi connectivity index (χ2v) is 4.98. The van der Waals surface area contributed by atoms with Gasteiger partial charge in [0.15, 0.2) is 0 Å². The van der Waals surface area contributed by atoms with Gasteiger partial charge in [-0.05, 0) is 29.9 Å². The molecular weight excluding hydrogens is 223 g/mol. The van der Waals surface area contributed by atoms with E-state index >= 15 is 0 Å². The van der Waals surface area contributed by atoms with E-state index in [4.69, 9.17) is 11.6 Å². The zero-order valence-electron chi connectivity index (χ0n) is 7.46. The summed E-state index contributed by atoms with van der Waals surface area (Å²) in [4.78, 5) is 0. The molecule has 0 aromatic heterocycles. The van der Waals surface area contributed by atoms with Gasteiger partial charge in [-0.25, -0.2) is 4.39 Å². The van der Waals surface area contributed by atoms with Crippen LogP contribution in [0.2, 0.25) is 5.02 Å². The number of benzene rings is 1. The lowest BCUT2D eigenvalue weighted by Gasteiger charge is -2.21. The molecule has 1 fully saturated rings. The van der Waals surface area contributed by atoms with E-state index in [1.54, 1.807) is 17.8 Å². The van der Waals surface area contributed by atoms with Crippen molar-refractivity contribution in [2.45, 2.75) is 12.0 Å². The Morgan fingerprint density at radius 1 is 1.50 bits per heavy atom. The summed E-state index contributed by atoms with van der Waals surface area (Å²) in [5, 5.41) is 10.2. The van der Waals surface area contributed by atoms with E-state index in [0.717, 1.165) is 5.75 Å². The van der Waals surface area contributed by atoms with Crippen LogP contribution in [-0.4, -0.2) is 16.6 Å². The van der Waals surface area contributed by atoms with Crippen molar-refractivity contribution >= 4 is 23.4 Å². The maximum Gasteiger partial charge on any atom is 0.142 e. The summed E-state index contributed by atoms with van der Waals surface area (Å²) in [5.41, 5.74) is -0.236. The summed E-state index contributed by atoms with van der Waals surface area (Å²) in [6.45, 7) is 0. The molecule has 1 aromatic carbocycles. The van der Waals surface area contributed by atoms with Gasteiger partial charge >= 0.3 is 0 Å². The summed E-state index contributed by atoms with van der Waals surface area (Å²) >= 11 is 7.25. The molecule has 0 bridgehead atoms. The predicted octanol–water partition coefficient (Wildman–Crippen LogP) is 2.80. The molecular formula is C10H10ClFOS. The summed E-state index contributed by atoms with van der Waals surface area (Å²) in [5.74, 6) is 1.09. The number of hydrogen-bond donors (Lipinski definition) is 1. The first-order valence-corrected chi connectivity index (χ1v) is 5.91. The largest absolute Gasteiger partial charge is 0.384 e. The van der Waals surface area contributed by atoms with Gasteiger partial charge < -0.3 is 5.11 Å². The van der Waals surface area contributed by atoms with Crippen molar-refractivity contribution in [1.82, 2.24) is 0 Å². The van der Waals surface area contributed by atoms with Gasteiger partial charge in [-0.3, -0.25) is 0 Å². The first-order chi connectivity index (χ1) is 6.62. The lowest BCUT2D eigenvalue weighted by molar-refractivity contribution is 0.0654. The van der Waals surface area contributed by atoms with E-state index in [1.807, 2.05) is 0 Å². The minimum absolute atomic E-state index is 0.100.